The first kappa shape index (κ1) is 26.3. The van der Waals surface area contributed by atoms with Crippen LogP contribution in [-0.2, 0) is 11.3 Å². The molecule has 1 aromatic heterocycles. The molecule has 3 aromatic rings. The van der Waals surface area contributed by atoms with Gasteiger partial charge in [-0.1, -0.05) is 29.8 Å². The van der Waals surface area contributed by atoms with Gasteiger partial charge < -0.3 is 24.8 Å². The number of piperidine rings is 1. The molecule has 0 aliphatic carbocycles. The minimum absolute atomic E-state index is 0.0268. The molecule has 2 amide bonds. The van der Waals surface area contributed by atoms with E-state index in [2.05, 4.69) is 40.0 Å². The van der Waals surface area contributed by atoms with Crippen molar-refractivity contribution in [3.8, 4) is 0 Å². The standard InChI is InChI=1S/C29H37N5O3/c1-20(2)15-17-34-25-18-22(30-26(35)21-10-7-6-8-11-21)13-14-24(25)32-27(34)33-16-9-12-23(19-33)31-28(36)37-29(3,4)5/h6-8,10-11,13-15,18,23H,9,12,16-17,19H2,1-5H3,(H,30,35)(H,31,36). The molecule has 196 valence electrons. The fraction of sp³-hybridized carbons (Fsp3) is 0.414. The molecule has 1 unspecified atom stereocenters. The van der Waals surface area contributed by atoms with Crippen LogP contribution in [0.5, 0.6) is 0 Å². The monoisotopic (exact) mass is 503 g/mol. The zero-order valence-corrected chi connectivity index (χ0v) is 22.4. The van der Waals surface area contributed by atoms with Crippen molar-refractivity contribution in [2.45, 2.75) is 65.6 Å². The van der Waals surface area contributed by atoms with Gasteiger partial charge in [0.1, 0.15) is 5.60 Å². The second-order valence-corrected chi connectivity index (χ2v) is 10.8. The number of carbonyl (C=O) groups is 2. The molecule has 1 atom stereocenters. The van der Waals surface area contributed by atoms with Gasteiger partial charge in [0.15, 0.2) is 0 Å². The maximum atomic E-state index is 12.7. The number of hydrogen-bond donors (Lipinski definition) is 2. The molecular formula is C29H37N5O3. The molecule has 8 nitrogen and oxygen atoms in total. The molecule has 1 saturated heterocycles. The minimum atomic E-state index is -0.537. The first-order valence-corrected chi connectivity index (χ1v) is 12.8. The maximum Gasteiger partial charge on any atom is 0.407 e. The van der Waals surface area contributed by atoms with Gasteiger partial charge in [-0.15, -0.1) is 0 Å². The molecule has 37 heavy (non-hydrogen) atoms. The van der Waals surface area contributed by atoms with Gasteiger partial charge in [0.2, 0.25) is 5.95 Å². The van der Waals surface area contributed by atoms with Gasteiger partial charge in [0.25, 0.3) is 5.91 Å². The van der Waals surface area contributed by atoms with Crippen LogP contribution in [0.25, 0.3) is 11.0 Å². The summed E-state index contributed by atoms with van der Waals surface area (Å²) in [5, 5.41) is 6.03. The highest BCUT2D eigenvalue weighted by atomic mass is 16.6. The molecule has 0 radical (unpaired) electrons. The second-order valence-electron chi connectivity index (χ2n) is 10.8. The number of aromatic nitrogens is 2. The predicted molar refractivity (Wildman–Crippen MR) is 148 cm³/mol. The number of hydrogen-bond acceptors (Lipinski definition) is 5. The Balaban J connectivity index is 1.60. The van der Waals surface area contributed by atoms with Crippen LogP contribution >= 0.6 is 0 Å². The summed E-state index contributed by atoms with van der Waals surface area (Å²) in [7, 11) is 0. The minimum Gasteiger partial charge on any atom is -0.444 e. The third-order valence-corrected chi connectivity index (χ3v) is 6.13. The Kier molecular flexibility index (Phi) is 7.86. The zero-order chi connectivity index (χ0) is 26.6. The number of nitrogens with one attached hydrogen (secondary N) is 2. The highest BCUT2D eigenvalue weighted by Crippen LogP contribution is 2.28. The molecule has 4 rings (SSSR count). The second kappa shape index (κ2) is 11.1. The van der Waals surface area contributed by atoms with Crippen LogP contribution in [0.4, 0.5) is 16.4 Å². The quantitative estimate of drug-likeness (QED) is 0.418. The fourth-order valence-electron chi connectivity index (χ4n) is 4.43. The number of anilines is 2. The van der Waals surface area contributed by atoms with Gasteiger partial charge in [-0.25, -0.2) is 9.78 Å². The van der Waals surface area contributed by atoms with Crippen molar-refractivity contribution < 1.29 is 14.3 Å². The Hall–Kier alpha value is -3.81. The molecule has 0 saturated carbocycles. The van der Waals surface area contributed by atoms with Crippen LogP contribution in [-0.4, -0.2) is 46.3 Å². The topological polar surface area (TPSA) is 88.5 Å². The summed E-state index contributed by atoms with van der Waals surface area (Å²) in [5.41, 5.74) is 3.80. The average Bonchev–Trinajstić information content (AvgIpc) is 3.20. The molecule has 8 heteroatoms. The van der Waals surface area contributed by atoms with E-state index in [1.165, 1.54) is 5.57 Å². The van der Waals surface area contributed by atoms with E-state index in [-0.39, 0.29) is 11.9 Å². The van der Waals surface area contributed by atoms with E-state index >= 15 is 0 Å². The van der Waals surface area contributed by atoms with Crippen molar-refractivity contribution >= 4 is 34.7 Å². The Morgan fingerprint density at radius 2 is 1.89 bits per heavy atom. The van der Waals surface area contributed by atoms with Gasteiger partial charge in [0.05, 0.1) is 11.0 Å². The van der Waals surface area contributed by atoms with E-state index in [1.807, 2.05) is 57.2 Å². The SMILES string of the molecule is CC(C)=CCn1c(N2CCCC(NC(=O)OC(C)(C)C)C2)nc2ccc(NC(=O)c3ccccc3)cc21. The van der Waals surface area contributed by atoms with E-state index in [0.717, 1.165) is 42.1 Å². The van der Waals surface area contributed by atoms with Gasteiger partial charge in [-0.2, -0.15) is 0 Å². The predicted octanol–water partition coefficient (Wildman–Crippen LogP) is 5.75. The molecule has 2 N–H and O–H groups in total. The van der Waals surface area contributed by atoms with Crippen molar-refractivity contribution in [3.05, 3.63) is 65.7 Å². The smallest absolute Gasteiger partial charge is 0.407 e. The van der Waals surface area contributed by atoms with E-state index in [1.54, 1.807) is 12.1 Å². The number of carbonyl (C=O) groups excluding carboxylic acids is 2. The van der Waals surface area contributed by atoms with Crippen molar-refractivity contribution in [3.63, 3.8) is 0 Å². The molecule has 1 aliphatic heterocycles. The van der Waals surface area contributed by atoms with E-state index in [9.17, 15) is 9.59 Å². The van der Waals surface area contributed by atoms with E-state index in [0.29, 0.717) is 18.7 Å². The maximum absolute atomic E-state index is 12.7. The molecule has 0 bridgehead atoms. The number of rotatable bonds is 6. The Bertz CT molecular complexity index is 1290. The fourth-order valence-corrected chi connectivity index (χ4v) is 4.43. The summed E-state index contributed by atoms with van der Waals surface area (Å²) in [6.45, 7) is 11.9. The Labute approximate surface area is 218 Å². The molecule has 2 aromatic carbocycles. The van der Waals surface area contributed by atoms with Crippen LogP contribution in [0.2, 0.25) is 0 Å². The van der Waals surface area contributed by atoms with Crippen LogP contribution in [0.1, 0.15) is 57.8 Å². The van der Waals surface area contributed by atoms with Crippen LogP contribution in [0.3, 0.4) is 0 Å². The third-order valence-electron chi connectivity index (χ3n) is 6.13. The lowest BCUT2D eigenvalue weighted by Gasteiger charge is -2.34. The van der Waals surface area contributed by atoms with Crippen LogP contribution in [0, 0.1) is 0 Å². The van der Waals surface area contributed by atoms with Gasteiger partial charge in [0, 0.05) is 36.9 Å². The number of fused-ring (bicyclic) bond motifs is 1. The lowest BCUT2D eigenvalue weighted by Crippen LogP contribution is -2.49. The summed E-state index contributed by atoms with van der Waals surface area (Å²) >= 11 is 0. The lowest BCUT2D eigenvalue weighted by molar-refractivity contribution is 0.0499. The summed E-state index contributed by atoms with van der Waals surface area (Å²) in [6, 6.07) is 15.0. The average molecular weight is 504 g/mol. The van der Waals surface area contributed by atoms with E-state index in [4.69, 9.17) is 9.72 Å². The van der Waals surface area contributed by atoms with Crippen molar-refractivity contribution in [2.75, 3.05) is 23.3 Å². The van der Waals surface area contributed by atoms with Gasteiger partial charge in [-0.3, -0.25) is 4.79 Å². The van der Waals surface area contributed by atoms with Crippen LogP contribution in [0.15, 0.2) is 60.2 Å². The summed E-state index contributed by atoms with van der Waals surface area (Å²) < 4.78 is 7.64. The number of imidazole rings is 1. The first-order valence-electron chi connectivity index (χ1n) is 12.8. The summed E-state index contributed by atoms with van der Waals surface area (Å²) in [6.07, 6.45) is 3.60. The third kappa shape index (κ3) is 6.90. The highest BCUT2D eigenvalue weighted by molar-refractivity contribution is 6.05. The van der Waals surface area contributed by atoms with Crippen molar-refractivity contribution in [1.29, 1.82) is 0 Å². The normalized spacial score (nSPS) is 15.8. The van der Waals surface area contributed by atoms with Crippen LogP contribution < -0.4 is 15.5 Å². The van der Waals surface area contributed by atoms with Gasteiger partial charge >= 0.3 is 6.09 Å². The number of amides is 2. The lowest BCUT2D eigenvalue weighted by atomic mass is 10.1. The largest absolute Gasteiger partial charge is 0.444 e. The molecule has 1 fully saturated rings. The summed E-state index contributed by atoms with van der Waals surface area (Å²) in [4.78, 5) is 32.3. The molecule has 1 aliphatic rings. The molecule has 2 heterocycles. The first-order chi connectivity index (χ1) is 17.6. The number of allylic oxidation sites excluding steroid dienone is 2. The summed E-state index contributed by atoms with van der Waals surface area (Å²) in [5.74, 6) is 0.706. The van der Waals surface area contributed by atoms with E-state index < -0.39 is 11.7 Å². The number of alkyl carbamates (subject to hydrolysis) is 1. The van der Waals surface area contributed by atoms with Gasteiger partial charge in [-0.05, 0) is 77.8 Å². The number of benzene rings is 2. The number of nitrogens with zero attached hydrogens (tertiary/aromatic N) is 3. The van der Waals surface area contributed by atoms with Crippen molar-refractivity contribution in [1.82, 2.24) is 14.9 Å². The van der Waals surface area contributed by atoms with Crippen molar-refractivity contribution in [2.24, 2.45) is 0 Å². The Morgan fingerprint density at radius 1 is 1.14 bits per heavy atom. The molecular weight excluding hydrogens is 466 g/mol. The zero-order valence-electron chi connectivity index (χ0n) is 22.4. The number of ether oxygens (including phenoxy) is 1. The molecule has 0 spiro atoms. The highest BCUT2D eigenvalue weighted by Gasteiger charge is 2.27. The Morgan fingerprint density at radius 3 is 2.59 bits per heavy atom.